The highest BCUT2D eigenvalue weighted by atomic mass is 79.9. The Labute approximate surface area is 130 Å². The predicted octanol–water partition coefficient (Wildman–Crippen LogP) is 4.87. The molecule has 0 aromatic heterocycles. The molecule has 2 nitrogen and oxygen atoms in total. The van der Waals surface area contributed by atoms with E-state index in [-0.39, 0.29) is 12.4 Å². The third-order valence-electron chi connectivity index (χ3n) is 2.82. The third-order valence-corrected chi connectivity index (χ3v) is 3.68. The number of benzene rings is 2. The van der Waals surface area contributed by atoms with Gasteiger partial charge >= 0.3 is 0 Å². The van der Waals surface area contributed by atoms with Gasteiger partial charge in [0.05, 0.1) is 6.10 Å². The molecule has 0 bridgehead atoms. The summed E-state index contributed by atoms with van der Waals surface area (Å²) >= 11 is 9.34. The number of ether oxygens (including phenoxy) is 1. The summed E-state index contributed by atoms with van der Waals surface area (Å²) in [5.74, 6) is 0.174. The second-order valence-electron chi connectivity index (χ2n) is 4.38. The lowest BCUT2D eigenvalue weighted by Crippen LogP contribution is -2.02. The van der Waals surface area contributed by atoms with Gasteiger partial charge < -0.3 is 9.84 Å². The van der Waals surface area contributed by atoms with Crippen molar-refractivity contribution in [2.45, 2.75) is 19.6 Å². The fourth-order valence-electron chi connectivity index (χ4n) is 1.79. The van der Waals surface area contributed by atoms with Gasteiger partial charge in [0.25, 0.3) is 0 Å². The topological polar surface area (TPSA) is 29.5 Å². The molecule has 106 valence electrons. The molecular formula is C15H13BrClFO2. The van der Waals surface area contributed by atoms with Crippen LogP contribution in [0.3, 0.4) is 0 Å². The van der Waals surface area contributed by atoms with Crippen molar-refractivity contribution in [1.82, 2.24) is 0 Å². The van der Waals surface area contributed by atoms with Crippen molar-refractivity contribution in [3.63, 3.8) is 0 Å². The van der Waals surface area contributed by atoms with E-state index in [1.807, 2.05) is 6.07 Å². The van der Waals surface area contributed by atoms with Crippen LogP contribution < -0.4 is 4.74 Å². The normalized spacial score (nSPS) is 12.2. The minimum Gasteiger partial charge on any atom is -0.488 e. The fourth-order valence-corrected chi connectivity index (χ4v) is 2.30. The molecule has 1 atom stereocenters. The smallest absolute Gasteiger partial charge is 0.126 e. The van der Waals surface area contributed by atoms with Crippen LogP contribution in [0.2, 0.25) is 5.02 Å². The largest absolute Gasteiger partial charge is 0.488 e. The zero-order chi connectivity index (χ0) is 14.7. The molecule has 0 unspecified atom stereocenters. The zero-order valence-electron chi connectivity index (χ0n) is 10.7. The van der Waals surface area contributed by atoms with Crippen LogP contribution in [0, 0.1) is 5.82 Å². The summed E-state index contributed by atoms with van der Waals surface area (Å²) in [6.07, 6.45) is -0.652. The van der Waals surface area contributed by atoms with Crippen LogP contribution in [-0.4, -0.2) is 5.11 Å². The summed E-state index contributed by atoms with van der Waals surface area (Å²) in [6, 6.07) is 9.48. The molecule has 0 radical (unpaired) electrons. The van der Waals surface area contributed by atoms with Crippen molar-refractivity contribution in [3.8, 4) is 5.75 Å². The molecular weight excluding hydrogens is 347 g/mol. The van der Waals surface area contributed by atoms with Crippen LogP contribution >= 0.6 is 27.5 Å². The fraction of sp³-hybridized carbons (Fsp3) is 0.200. The summed E-state index contributed by atoms with van der Waals surface area (Å²) in [7, 11) is 0. The minimum absolute atomic E-state index is 0.132. The SMILES string of the molecule is C[C@@H](O)c1ccc(Br)cc1OCc1cc(F)ccc1Cl. The summed E-state index contributed by atoms with van der Waals surface area (Å²) in [4.78, 5) is 0. The molecule has 0 aliphatic heterocycles. The van der Waals surface area contributed by atoms with Crippen molar-refractivity contribution in [3.05, 3.63) is 62.8 Å². The molecule has 0 fully saturated rings. The van der Waals surface area contributed by atoms with E-state index < -0.39 is 6.10 Å². The molecule has 2 aromatic rings. The lowest BCUT2D eigenvalue weighted by Gasteiger charge is -2.14. The van der Waals surface area contributed by atoms with E-state index in [1.165, 1.54) is 18.2 Å². The van der Waals surface area contributed by atoms with Crippen molar-refractivity contribution < 1.29 is 14.2 Å². The Morgan fingerprint density at radius 1 is 1.30 bits per heavy atom. The van der Waals surface area contributed by atoms with Gasteiger partial charge in [-0.1, -0.05) is 33.6 Å². The van der Waals surface area contributed by atoms with E-state index in [2.05, 4.69) is 15.9 Å². The Kier molecular flexibility index (Phi) is 5.02. The van der Waals surface area contributed by atoms with Crippen molar-refractivity contribution >= 4 is 27.5 Å². The maximum Gasteiger partial charge on any atom is 0.126 e. The first-order valence-corrected chi connectivity index (χ1v) is 7.18. The lowest BCUT2D eigenvalue weighted by molar-refractivity contribution is 0.190. The minimum atomic E-state index is -0.652. The molecule has 0 heterocycles. The summed E-state index contributed by atoms with van der Waals surface area (Å²) in [5.41, 5.74) is 1.23. The lowest BCUT2D eigenvalue weighted by atomic mass is 10.1. The van der Waals surface area contributed by atoms with Gasteiger partial charge in [0.1, 0.15) is 18.2 Å². The number of hydrogen-bond donors (Lipinski definition) is 1. The average Bonchev–Trinajstić information content (AvgIpc) is 2.39. The highest BCUT2D eigenvalue weighted by Gasteiger charge is 2.11. The predicted molar refractivity (Wildman–Crippen MR) is 80.5 cm³/mol. The molecule has 20 heavy (non-hydrogen) atoms. The van der Waals surface area contributed by atoms with Crippen molar-refractivity contribution in [1.29, 1.82) is 0 Å². The molecule has 0 aliphatic rings. The van der Waals surface area contributed by atoms with Crippen molar-refractivity contribution in [2.75, 3.05) is 0 Å². The first-order chi connectivity index (χ1) is 9.47. The number of aliphatic hydroxyl groups excluding tert-OH is 1. The van der Waals surface area contributed by atoms with E-state index >= 15 is 0 Å². The van der Waals surface area contributed by atoms with Crippen LogP contribution in [0.25, 0.3) is 0 Å². The van der Waals surface area contributed by atoms with E-state index in [0.29, 0.717) is 21.9 Å². The molecule has 0 spiro atoms. The molecule has 0 saturated heterocycles. The van der Waals surface area contributed by atoms with Crippen LogP contribution in [0.1, 0.15) is 24.2 Å². The van der Waals surface area contributed by atoms with Gasteiger partial charge in [-0.25, -0.2) is 4.39 Å². The molecule has 0 aliphatic carbocycles. The number of rotatable bonds is 4. The Bertz CT molecular complexity index is 617. The Morgan fingerprint density at radius 3 is 2.75 bits per heavy atom. The van der Waals surface area contributed by atoms with Crippen LogP contribution in [0.4, 0.5) is 4.39 Å². The van der Waals surface area contributed by atoms with E-state index in [4.69, 9.17) is 16.3 Å². The van der Waals surface area contributed by atoms with Gasteiger partial charge in [-0.3, -0.25) is 0 Å². The van der Waals surface area contributed by atoms with Gasteiger partial charge in [-0.15, -0.1) is 0 Å². The van der Waals surface area contributed by atoms with Crippen LogP contribution in [0.15, 0.2) is 40.9 Å². The van der Waals surface area contributed by atoms with E-state index in [0.717, 1.165) is 4.47 Å². The van der Waals surface area contributed by atoms with Gasteiger partial charge in [0, 0.05) is 20.6 Å². The maximum atomic E-state index is 13.2. The Hall–Kier alpha value is -1.10. The first kappa shape index (κ1) is 15.3. The molecule has 1 N–H and O–H groups in total. The number of halogens is 3. The first-order valence-electron chi connectivity index (χ1n) is 6.01. The summed E-state index contributed by atoms with van der Waals surface area (Å²) in [5, 5.41) is 10.2. The zero-order valence-corrected chi connectivity index (χ0v) is 13.1. The molecule has 0 amide bonds. The van der Waals surface area contributed by atoms with Gasteiger partial charge in [-0.05, 0) is 37.3 Å². The Morgan fingerprint density at radius 2 is 2.05 bits per heavy atom. The molecule has 2 rings (SSSR count). The average molecular weight is 360 g/mol. The maximum absolute atomic E-state index is 13.2. The van der Waals surface area contributed by atoms with Gasteiger partial charge in [0.15, 0.2) is 0 Å². The summed E-state index contributed by atoms with van der Waals surface area (Å²) in [6.45, 7) is 1.79. The second-order valence-corrected chi connectivity index (χ2v) is 5.71. The van der Waals surface area contributed by atoms with Crippen LogP contribution in [-0.2, 0) is 6.61 Å². The number of hydrogen-bond acceptors (Lipinski definition) is 2. The van der Waals surface area contributed by atoms with Crippen molar-refractivity contribution in [2.24, 2.45) is 0 Å². The standard InChI is InChI=1S/C15H13BrClFO2/c1-9(19)13-4-2-11(16)7-15(13)20-8-10-6-12(18)3-5-14(10)17/h2-7,9,19H,8H2,1H3/t9-/m1/s1. The third kappa shape index (κ3) is 3.72. The van der Waals surface area contributed by atoms with Crippen LogP contribution in [0.5, 0.6) is 5.75 Å². The highest BCUT2D eigenvalue weighted by Crippen LogP contribution is 2.30. The van der Waals surface area contributed by atoms with Gasteiger partial charge in [-0.2, -0.15) is 0 Å². The summed E-state index contributed by atoms with van der Waals surface area (Å²) < 4.78 is 19.7. The molecule has 0 saturated carbocycles. The molecule has 5 heteroatoms. The Balaban J connectivity index is 2.22. The van der Waals surface area contributed by atoms with E-state index in [9.17, 15) is 9.50 Å². The van der Waals surface area contributed by atoms with Gasteiger partial charge in [0.2, 0.25) is 0 Å². The number of aliphatic hydroxyl groups is 1. The van der Waals surface area contributed by atoms with E-state index in [1.54, 1.807) is 19.1 Å². The highest BCUT2D eigenvalue weighted by molar-refractivity contribution is 9.10. The second kappa shape index (κ2) is 6.57. The monoisotopic (exact) mass is 358 g/mol. The molecule has 2 aromatic carbocycles. The quantitative estimate of drug-likeness (QED) is 0.843.